The SMILES string of the molecule is CCCCCCOC(=O)C(CC)Oc1ccc(Cl)cc1. The van der Waals surface area contributed by atoms with E-state index >= 15 is 0 Å². The second-order valence-corrected chi connectivity index (χ2v) is 5.13. The van der Waals surface area contributed by atoms with E-state index in [0.29, 0.717) is 23.8 Å². The van der Waals surface area contributed by atoms with E-state index in [-0.39, 0.29) is 5.97 Å². The van der Waals surface area contributed by atoms with E-state index in [1.807, 2.05) is 6.92 Å². The lowest BCUT2D eigenvalue weighted by Gasteiger charge is -2.16. The summed E-state index contributed by atoms with van der Waals surface area (Å²) in [6.45, 7) is 4.53. The van der Waals surface area contributed by atoms with Gasteiger partial charge in [-0.2, -0.15) is 0 Å². The predicted molar refractivity (Wildman–Crippen MR) is 81.3 cm³/mol. The van der Waals surface area contributed by atoms with Gasteiger partial charge in [-0.15, -0.1) is 0 Å². The molecule has 0 aliphatic rings. The predicted octanol–water partition coefficient (Wildman–Crippen LogP) is 4.62. The Morgan fingerprint density at radius 2 is 1.85 bits per heavy atom. The highest BCUT2D eigenvalue weighted by Crippen LogP contribution is 2.18. The fourth-order valence-corrected chi connectivity index (χ4v) is 1.90. The Bertz CT molecular complexity index is 389. The van der Waals surface area contributed by atoms with Crippen LogP contribution in [0.1, 0.15) is 46.0 Å². The lowest BCUT2D eigenvalue weighted by molar-refractivity contribution is -0.152. The number of carbonyl (C=O) groups excluding carboxylic acids is 1. The summed E-state index contributed by atoms with van der Waals surface area (Å²) in [5.41, 5.74) is 0. The smallest absolute Gasteiger partial charge is 0.347 e. The van der Waals surface area contributed by atoms with Crippen molar-refractivity contribution in [2.24, 2.45) is 0 Å². The van der Waals surface area contributed by atoms with E-state index < -0.39 is 6.10 Å². The van der Waals surface area contributed by atoms with Crippen LogP contribution >= 0.6 is 11.6 Å². The van der Waals surface area contributed by atoms with Crippen LogP contribution in [-0.4, -0.2) is 18.7 Å². The maximum atomic E-state index is 11.9. The summed E-state index contributed by atoms with van der Waals surface area (Å²) >= 11 is 5.81. The molecule has 0 aliphatic carbocycles. The summed E-state index contributed by atoms with van der Waals surface area (Å²) in [5.74, 6) is 0.336. The van der Waals surface area contributed by atoms with Gasteiger partial charge in [-0.05, 0) is 37.1 Å². The van der Waals surface area contributed by atoms with Crippen molar-refractivity contribution in [3.8, 4) is 5.75 Å². The second-order valence-electron chi connectivity index (χ2n) is 4.70. The number of ether oxygens (including phenoxy) is 2. The number of carbonyl (C=O) groups is 1. The zero-order valence-corrected chi connectivity index (χ0v) is 13.0. The van der Waals surface area contributed by atoms with Gasteiger partial charge in [0.1, 0.15) is 5.75 Å². The minimum Gasteiger partial charge on any atom is -0.479 e. The molecule has 0 saturated carbocycles. The fourth-order valence-electron chi connectivity index (χ4n) is 1.77. The molecule has 0 amide bonds. The van der Waals surface area contributed by atoms with E-state index in [0.717, 1.165) is 12.8 Å². The highest BCUT2D eigenvalue weighted by molar-refractivity contribution is 6.30. The Kier molecular flexibility index (Phi) is 8.12. The number of unbranched alkanes of at least 4 members (excludes halogenated alkanes) is 3. The molecular formula is C16H23ClO3. The van der Waals surface area contributed by atoms with Gasteiger partial charge in [0.25, 0.3) is 0 Å². The molecule has 0 aromatic heterocycles. The lowest BCUT2D eigenvalue weighted by atomic mass is 10.2. The van der Waals surface area contributed by atoms with Crippen molar-refractivity contribution in [3.63, 3.8) is 0 Å². The van der Waals surface area contributed by atoms with E-state index in [1.165, 1.54) is 12.8 Å². The van der Waals surface area contributed by atoms with E-state index in [1.54, 1.807) is 24.3 Å². The molecule has 0 radical (unpaired) electrons. The summed E-state index contributed by atoms with van der Waals surface area (Å²) < 4.78 is 10.9. The zero-order chi connectivity index (χ0) is 14.8. The van der Waals surface area contributed by atoms with Gasteiger partial charge in [0.2, 0.25) is 0 Å². The first kappa shape index (κ1) is 16.8. The largest absolute Gasteiger partial charge is 0.479 e. The zero-order valence-electron chi connectivity index (χ0n) is 12.2. The molecule has 0 aliphatic heterocycles. The number of halogens is 1. The number of hydrogen-bond acceptors (Lipinski definition) is 3. The third-order valence-corrected chi connectivity index (χ3v) is 3.22. The molecule has 4 heteroatoms. The Balaban J connectivity index is 2.37. The molecule has 1 aromatic rings. The van der Waals surface area contributed by atoms with Crippen LogP contribution in [0, 0.1) is 0 Å². The van der Waals surface area contributed by atoms with Gasteiger partial charge < -0.3 is 9.47 Å². The van der Waals surface area contributed by atoms with Gasteiger partial charge in [0.15, 0.2) is 6.10 Å². The average molecular weight is 299 g/mol. The third kappa shape index (κ3) is 6.29. The second kappa shape index (κ2) is 9.65. The van der Waals surface area contributed by atoms with Gasteiger partial charge in [0.05, 0.1) is 6.61 Å². The van der Waals surface area contributed by atoms with Crippen molar-refractivity contribution in [2.75, 3.05) is 6.61 Å². The van der Waals surface area contributed by atoms with Crippen LogP contribution in [0.15, 0.2) is 24.3 Å². The van der Waals surface area contributed by atoms with Crippen LogP contribution in [0.25, 0.3) is 0 Å². The lowest BCUT2D eigenvalue weighted by Crippen LogP contribution is -2.29. The minimum absolute atomic E-state index is 0.293. The van der Waals surface area contributed by atoms with Gasteiger partial charge in [0, 0.05) is 5.02 Å². The van der Waals surface area contributed by atoms with Crippen molar-refractivity contribution in [3.05, 3.63) is 29.3 Å². The Labute approximate surface area is 126 Å². The third-order valence-electron chi connectivity index (χ3n) is 2.97. The molecule has 0 bridgehead atoms. The van der Waals surface area contributed by atoms with Gasteiger partial charge in [-0.3, -0.25) is 0 Å². The highest BCUT2D eigenvalue weighted by atomic mass is 35.5. The molecule has 3 nitrogen and oxygen atoms in total. The fraction of sp³-hybridized carbons (Fsp3) is 0.562. The molecule has 1 aromatic carbocycles. The van der Waals surface area contributed by atoms with Gasteiger partial charge in [-0.25, -0.2) is 4.79 Å². The normalized spacial score (nSPS) is 11.9. The maximum absolute atomic E-state index is 11.9. The number of benzene rings is 1. The van der Waals surface area contributed by atoms with Crippen molar-refractivity contribution >= 4 is 17.6 Å². The first-order valence-electron chi connectivity index (χ1n) is 7.26. The molecule has 1 unspecified atom stereocenters. The van der Waals surface area contributed by atoms with E-state index in [2.05, 4.69) is 6.92 Å². The summed E-state index contributed by atoms with van der Waals surface area (Å²) in [6.07, 6.45) is 4.38. The molecular weight excluding hydrogens is 276 g/mol. The van der Waals surface area contributed by atoms with Crippen molar-refractivity contribution in [2.45, 2.75) is 52.1 Å². The molecule has 0 heterocycles. The van der Waals surface area contributed by atoms with E-state index in [9.17, 15) is 4.79 Å². The summed E-state index contributed by atoms with van der Waals surface area (Å²) in [7, 11) is 0. The van der Waals surface area contributed by atoms with E-state index in [4.69, 9.17) is 21.1 Å². The standard InChI is InChI=1S/C16H23ClO3/c1-3-5-6-7-12-19-16(18)15(4-2)20-14-10-8-13(17)9-11-14/h8-11,15H,3-7,12H2,1-2H3. The Morgan fingerprint density at radius 3 is 2.45 bits per heavy atom. The highest BCUT2D eigenvalue weighted by Gasteiger charge is 2.19. The molecule has 112 valence electrons. The van der Waals surface area contributed by atoms with Crippen molar-refractivity contribution in [1.29, 1.82) is 0 Å². The minimum atomic E-state index is -0.553. The van der Waals surface area contributed by atoms with Crippen LogP contribution in [0.5, 0.6) is 5.75 Å². The first-order valence-corrected chi connectivity index (χ1v) is 7.64. The molecule has 0 N–H and O–H groups in total. The molecule has 20 heavy (non-hydrogen) atoms. The monoisotopic (exact) mass is 298 g/mol. The summed E-state index contributed by atoms with van der Waals surface area (Å²) in [5, 5.41) is 0.642. The maximum Gasteiger partial charge on any atom is 0.347 e. The van der Waals surface area contributed by atoms with Gasteiger partial charge in [-0.1, -0.05) is 44.7 Å². The first-order chi connectivity index (χ1) is 9.67. The van der Waals surface area contributed by atoms with Crippen LogP contribution in [-0.2, 0) is 9.53 Å². The van der Waals surface area contributed by atoms with Crippen LogP contribution in [0.3, 0.4) is 0 Å². The molecule has 0 saturated heterocycles. The molecule has 0 fully saturated rings. The Hall–Kier alpha value is -1.22. The number of hydrogen-bond donors (Lipinski definition) is 0. The summed E-state index contributed by atoms with van der Waals surface area (Å²) in [6, 6.07) is 6.97. The van der Waals surface area contributed by atoms with Crippen LogP contribution in [0.4, 0.5) is 0 Å². The quantitative estimate of drug-likeness (QED) is 0.493. The van der Waals surface area contributed by atoms with Gasteiger partial charge >= 0.3 is 5.97 Å². The average Bonchev–Trinajstić information content (AvgIpc) is 2.46. The Morgan fingerprint density at radius 1 is 1.15 bits per heavy atom. The number of rotatable bonds is 9. The van der Waals surface area contributed by atoms with Crippen LogP contribution < -0.4 is 4.74 Å². The van der Waals surface area contributed by atoms with Crippen molar-refractivity contribution < 1.29 is 14.3 Å². The molecule has 1 atom stereocenters. The number of esters is 1. The molecule has 1 rings (SSSR count). The molecule has 0 spiro atoms. The topological polar surface area (TPSA) is 35.5 Å². The van der Waals surface area contributed by atoms with Crippen LogP contribution in [0.2, 0.25) is 5.02 Å². The van der Waals surface area contributed by atoms with Crippen molar-refractivity contribution in [1.82, 2.24) is 0 Å². The summed E-state index contributed by atoms with van der Waals surface area (Å²) in [4.78, 5) is 11.9.